The van der Waals surface area contributed by atoms with Crippen LogP contribution in [0.3, 0.4) is 0 Å². The van der Waals surface area contributed by atoms with E-state index in [2.05, 4.69) is 0 Å². The molecule has 0 radical (unpaired) electrons. The third-order valence-corrected chi connectivity index (χ3v) is 1.09. The topological polar surface area (TPSA) is 147 Å². The molecule has 0 aliphatic carbocycles. The number of hydrogen-bond donors (Lipinski definition) is 3. The minimum absolute atomic E-state index is 0. The molecule has 0 saturated heterocycles. The van der Waals surface area contributed by atoms with E-state index in [4.69, 9.17) is 30.1 Å². The van der Waals surface area contributed by atoms with E-state index in [1.54, 1.807) is 0 Å². The molecule has 4 N–H and O–H groups in total. The molecule has 0 aliphatic rings. The van der Waals surface area contributed by atoms with Crippen LogP contribution in [0.25, 0.3) is 0 Å². The second-order valence-corrected chi connectivity index (χ2v) is 3.40. The molecule has 0 bridgehead atoms. The van der Waals surface area contributed by atoms with Gasteiger partial charge in [0.15, 0.2) is 0 Å². The Hall–Kier alpha value is 2.81. The Morgan fingerprint density at radius 1 is 1.19 bits per heavy atom. The molecule has 0 rings (SSSR count). The van der Waals surface area contributed by atoms with E-state index < -0.39 is 13.8 Å². The Balaban J connectivity index is -0.0000000904. The van der Waals surface area contributed by atoms with E-state index in [1.807, 2.05) is 0 Å². The van der Waals surface area contributed by atoms with Crippen LogP contribution in [0.1, 0.15) is 25.7 Å². The van der Waals surface area contributed by atoms with Gasteiger partial charge in [0.2, 0.25) is 0 Å². The fourth-order valence-corrected chi connectivity index (χ4v) is 0.597. The zero-order valence-electron chi connectivity index (χ0n) is 9.59. The number of hydrogen-bond acceptors (Lipinski definition) is 5. The van der Waals surface area contributed by atoms with E-state index in [0.717, 1.165) is 19.3 Å². The number of carboxylic acid groups (broad SMARTS) is 1. The Morgan fingerprint density at radius 3 is 1.81 bits per heavy atom. The third-order valence-electron chi connectivity index (χ3n) is 1.09. The van der Waals surface area contributed by atoms with E-state index in [0.29, 0.717) is 6.54 Å². The molecule has 0 aromatic carbocycles. The van der Waals surface area contributed by atoms with Crippen molar-refractivity contribution in [2.24, 2.45) is 5.73 Å². The van der Waals surface area contributed by atoms with Gasteiger partial charge in [-0.1, -0.05) is 6.42 Å². The Labute approximate surface area is 180 Å². The molecule has 10 heteroatoms. The number of nitrogens with two attached hydrogens (primary N) is 1. The monoisotopic (exact) mass is 305 g/mol. The summed E-state index contributed by atoms with van der Waals surface area (Å²) in [6, 6.07) is 0. The van der Waals surface area contributed by atoms with Crippen molar-refractivity contribution >= 4 is 13.8 Å². The molecule has 16 heavy (non-hydrogen) atoms. The first-order valence-corrected chi connectivity index (χ1v) is 5.43. The van der Waals surface area contributed by atoms with Crippen molar-refractivity contribution in [1.29, 1.82) is 0 Å². The number of aliphatic carboxylic acids is 1. The van der Waals surface area contributed by atoms with Gasteiger partial charge in [0.1, 0.15) is 0 Å². The van der Waals surface area contributed by atoms with Gasteiger partial charge in [-0.25, -0.2) is 0 Å². The maximum atomic E-state index is 9.93. The van der Waals surface area contributed by atoms with E-state index in [9.17, 15) is 4.79 Å². The van der Waals surface area contributed by atoms with Crippen LogP contribution < -0.4 is 118 Å². The van der Waals surface area contributed by atoms with E-state index >= 15 is 0 Å². The summed E-state index contributed by atoms with van der Waals surface area (Å²) in [6.45, 7) is 0.666. The number of phosphoric acid groups is 1. The van der Waals surface area contributed by atoms with E-state index in [-0.39, 0.29) is 109 Å². The molecule has 7 nitrogen and oxygen atoms in total. The maximum Gasteiger partial charge on any atom is 1.00 e. The van der Waals surface area contributed by atoms with Gasteiger partial charge in [-0.05, 0) is 19.4 Å². The average Bonchev–Trinajstić information content (AvgIpc) is 1.94. The van der Waals surface area contributed by atoms with Crippen LogP contribution in [0, 0.1) is 0 Å². The molecule has 0 spiro atoms. The summed E-state index contributed by atoms with van der Waals surface area (Å²) in [5, 5.41) is 8.18. The number of carbonyl (C=O) groups is 1. The molecule has 0 aromatic heterocycles. The summed E-state index contributed by atoms with van der Waals surface area (Å²) in [4.78, 5) is 34.2. The first-order chi connectivity index (χ1) is 6.27. The minimum Gasteiger partial charge on any atom is -0.790 e. The maximum absolute atomic E-state index is 9.93. The Morgan fingerprint density at radius 2 is 1.56 bits per heavy atom. The van der Waals surface area contributed by atoms with Crippen molar-refractivity contribution in [1.82, 2.24) is 0 Å². The molecule has 0 saturated carbocycles. The average molecular weight is 305 g/mol. The minimum atomic E-state index is -5.14. The van der Waals surface area contributed by atoms with Crippen molar-refractivity contribution in [3.05, 3.63) is 0 Å². The molecule has 86 valence electrons. The summed E-state index contributed by atoms with van der Waals surface area (Å²) in [7, 11) is -5.14. The predicted octanol–water partition coefficient (Wildman–Crippen LogP) is -7.59. The van der Waals surface area contributed by atoms with Crippen LogP contribution in [-0.4, -0.2) is 22.5 Å². The van der Waals surface area contributed by atoms with Gasteiger partial charge in [0, 0.05) is 6.42 Å². The Bertz CT molecular complexity index is 191. The van der Waals surface area contributed by atoms with E-state index in [1.165, 1.54) is 0 Å². The fraction of sp³-hybridized carbons (Fsp3) is 0.833. The SMILES string of the molecule is NCCCCCC(=O)O.O=P([O-])([O-])O.[K+].[K+]. The number of unbranched alkanes of at least 4 members (excludes halogenated alkanes) is 2. The predicted molar refractivity (Wildman–Crippen MR) is 45.0 cm³/mol. The zero-order valence-corrected chi connectivity index (χ0v) is 16.7. The van der Waals surface area contributed by atoms with Gasteiger partial charge < -0.3 is 30.1 Å². The quantitative estimate of drug-likeness (QED) is 0.260. The molecule has 0 aromatic rings. The van der Waals surface area contributed by atoms with Gasteiger partial charge in [0.05, 0.1) is 7.82 Å². The molecule has 0 amide bonds. The molecule has 0 fully saturated rings. The molecular weight excluding hydrogens is 291 g/mol. The largest absolute Gasteiger partial charge is 1.00 e. The first-order valence-electron chi connectivity index (χ1n) is 3.94. The smallest absolute Gasteiger partial charge is 0.790 e. The van der Waals surface area contributed by atoms with Crippen molar-refractivity contribution in [3.63, 3.8) is 0 Å². The second kappa shape index (κ2) is 17.8. The number of carboxylic acids is 1. The third kappa shape index (κ3) is 54.1. The van der Waals surface area contributed by atoms with Gasteiger partial charge in [-0.3, -0.25) is 4.79 Å². The molecule has 0 atom stereocenters. The van der Waals surface area contributed by atoms with Crippen LogP contribution in [0.2, 0.25) is 0 Å². The first kappa shape index (κ1) is 27.2. The summed E-state index contributed by atoms with van der Waals surface area (Å²) >= 11 is 0. The van der Waals surface area contributed by atoms with Gasteiger partial charge >= 0.3 is 109 Å². The Kier molecular flexibility index (Phi) is 30.3. The van der Waals surface area contributed by atoms with Gasteiger partial charge in [-0.15, -0.1) is 0 Å². The van der Waals surface area contributed by atoms with Crippen molar-refractivity contribution in [3.8, 4) is 0 Å². The summed E-state index contributed by atoms with van der Waals surface area (Å²) in [6.07, 6.45) is 2.91. The summed E-state index contributed by atoms with van der Waals surface area (Å²) in [5.41, 5.74) is 5.20. The number of rotatable bonds is 5. The van der Waals surface area contributed by atoms with Crippen LogP contribution in [-0.2, 0) is 9.36 Å². The van der Waals surface area contributed by atoms with Crippen LogP contribution in [0.5, 0.6) is 0 Å². The summed E-state index contributed by atoms with van der Waals surface area (Å²) in [5.74, 6) is -0.716. The van der Waals surface area contributed by atoms with Gasteiger partial charge in [0.25, 0.3) is 0 Å². The molecule has 0 unspecified atom stereocenters. The normalized spacial score (nSPS) is 9.00. The van der Waals surface area contributed by atoms with Crippen LogP contribution >= 0.6 is 7.82 Å². The molecule has 0 heterocycles. The molecule has 0 aliphatic heterocycles. The van der Waals surface area contributed by atoms with Crippen molar-refractivity contribution < 1.29 is 132 Å². The second-order valence-electron chi connectivity index (χ2n) is 2.46. The van der Waals surface area contributed by atoms with Crippen LogP contribution in [0.15, 0.2) is 0 Å². The fourth-order valence-electron chi connectivity index (χ4n) is 0.597. The van der Waals surface area contributed by atoms with Crippen molar-refractivity contribution in [2.45, 2.75) is 25.7 Å². The van der Waals surface area contributed by atoms with Crippen molar-refractivity contribution in [2.75, 3.05) is 6.54 Å². The zero-order chi connectivity index (χ0) is 11.6. The van der Waals surface area contributed by atoms with Gasteiger partial charge in [-0.2, -0.15) is 0 Å². The summed E-state index contributed by atoms with van der Waals surface area (Å²) < 4.78 is 8.66. The van der Waals surface area contributed by atoms with Crippen LogP contribution in [0.4, 0.5) is 0 Å². The standard InChI is InChI=1S/C6H13NO2.2K.H3O4P/c7-5-3-1-2-4-6(8)9;;;1-5(2,3)4/h1-5,7H2,(H,8,9);;;(H3,1,2,3,4)/q;2*+1;/p-2. The molecular formula is C6H14K2NO6P.